The molecule has 2 heterocycles. The molecule has 6 heteroatoms. The molecule has 0 aliphatic carbocycles. The Morgan fingerprint density at radius 1 is 0.758 bits per heavy atom. The van der Waals surface area contributed by atoms with Gasteiger partial charge < -0.3 is 14.8 Å². The van der Waals surface area contributed by atoms with Crippen LogP contribution in [-0.4, -0.2) is 25.0 Å². The molecular weight excluding hydrogens is 416 g/mol. The van der Waals surface area contributed by atoms with Crippen molar-refractivity contribution in [3.8, 4) is 11.5 Å². The third-order valence-electron chi connectivity index (χ3n) is 5.98. The summed E-state index contributed by atoms with van der Waals surface area (Å²) in [7, 11) is 0. The monoisotopic (exact) mass is 440 g/mol. The predicted molar refractivity (Wildman–Crippen MR) is 128 cm³/mol. The Kier molecular flexibility index (Phi) is 5.13. The summed E-state index contributed by atoms with van der Waals surface area (Å²) < 4.78 is 11.3. The predicted octanol–water partition coefficient (Wildman–Crippen LogP) is 4.78. The topological polar surface area (TPSA) is 67.9 Å². The summed E-state index contributed by atoms with van der Waals surface area (Å²) in [6.07, 6.45) is 0. The third kappa shape index (κ3) is 3.74. The van der Waals surface area contributed by atoms with Crippen LogP contribution in [0.15, 0.2) is 66.4 Å². The number of imide groups is 1. The molecule has 2 aliphatic rings. The van der Waals surface area contributed by atoms with Crippen LogP contribution in [0.3, 0.4) is 0 Å². The maximum atomic E-state index is 13.6. The van der Waals surface area contributed by atoms with Crippen LogP contribution in [0.5, 0.6) is 11.5 Å². The van der Waals surface area contributed by atoms with Crippen molar-refractivity contribution in [1.29, 1.82) is 0 Å². The zero-order valence-electron chi connectivity index (χ0n) is 18.8. The zero-order valence-corrected chi connectivity index (χ0v) is 18.8. The number of hydrogen-bond acceptors (Lipinski definition) is 5. The Morgan fingerprint density at radius 2 is 1.48 bits per heavy atom. The molecule has 5 rings (SSSR count). The van der Waals surface area contributed by atoms with Gasteiger partial charge in [0.05, 0.1) is 11.3 Å². The number of nitrogens with zero attached hydrogens (tertiary/aromatic N) is 1. The maximum Gasteiger partial charge on any atom is 0.282 e. The quantitative estimate of drug-likeness (QED) is 0.592. The molecule has 0 unspecified atom stereocenters. The van der Waals surface area contributed by atoms with Gasteiger partial charge in [0, 0.05) is 11.8 Å². The molecule has 0 atom stereocenters. The minimum absolute atomic E-state index is 0.237. The van der Waals surface area contributed by atoms with Crippen LogP contribution >= 0.6 is 0 Å². The van der Waals surface area contributed by atoms with Crippen molar-refractivity contribution < 1.29 is 19.1 Å². The number of rotatable bonds is 4. The third-order valence-corrected chi connectivity index (χ3v) is 5.98. The Bertz CT molecular complexity index is 1310. The van der Waals surface area contributed by atoms with Gasteiger partial charge in [-0.25, -0.2) is 4.90 Å². The van der Waals surface area contributed by atoms with E-state index in [1.165, 1.54) is 4.90 Å². The van der Waals surface area contributed by atoms with E-state index in [0.29, 0.717) is 47.2 Å². The number of fused-ring (bicyclic) bond motifs is 1. The summed E-state index contributed by atoms with van der Waals surface area (Å²) >= 11 is 0. The molecule has 0 aromatic heterocycles. The van der Waals surface area contributed by atoms with Crippen molar-refractivity contribution in [2.45, 2.75) is 20.8 Å². The van der Waals surface area contributed by atoms with Crippen LogP contribution in [0, 0.1) is 20.8 Å². The first-order valence-electron chi connectivity index (χ1n) is 10.9. The molecule has 0 fully saturated rings. The van der Waals surface area contributed by atoms with E-state index in [2.05, 4.69) is 5.32 Å². The Labute approximate surface area is 192 Å². The zero-order chi connectivity index (χ0) is 23.1. The van der Waals surface area contributed by atoms with Gasteiger partial charge in [-0.3, -0.25) is 9.59 Å². The molecule has 0 spiro atoms. The maximum absolute atomic E-state index is 13.6. The van der Waals surface area contributed by atoms with Crippen LogP contribution in [0.25, 0.3) is 5.57 Å². The molecular formula is C27H24N2O4. The highest BCUT2D eigenvalue weighted by molar-refractivity contribution is 6.46. The van der Waals surface area contributed by atoms with E-state index >= 15 is 0 Å². The van der Waals surface area contributed by atoms with Crippen molar-refractivity contribution in [1.82, 2.24) is 0 Å². The summed E-state index contributed by atoms with van der Waals surface area (Å²) in [6, 6.07) is 18.5. The molecule has 2 aliphatic heterocycles. The average Bonchev–Trinajstić information content (AvgIpc) is 3.05. The largest absolute Gasteiger partial charge is 0.486 e. The fraction of sp³-hybridized carbons (Fsp3) is 0.185. The van der Waals surface area contributed by atoms with E-state index < -0.39 is 5.91 Å². The molecule has 1 N–H and O–H groups in total. The second-order valence-corrected chi connectivity index (χ2v) is 8.31. The van der Waals surface area contributed by atoms with Gasteiger partial charge in [-0.05, 0) is 61.7 Å². The van der Waals surface area contributed by atoms with Gasteiger partial charge in [0.25, 0.3) is 11.8 Å². The van der Waals surface area contributed by atoms with Crippen LogP contribution in [-0.2, 0) is 9.59 Å². The van der Waals surface area contributed by atoms with Crippen LogP contribution in [0.4, 0.5) is 11.4 Å². The lowest BCUT2D eigenvalue weighted by atomic mass is 9.99. The average molecular weight is 440 g/mol. The van der Waals surface area contributed by atoms with Crippen molar-refractivity contribution in [2.75, 3.05) is 23.4 Å². The van der Waals surface area contributed by atoms with Gasteiger partial charge in [-0.15, -0.1) is 0 Å². The Hall–Kier alpha value is -4.06. The van der Waals surface area contributed by atoms with Crippen molar-refractivity contribution >= 4 is 28.8 Å². The number of anilines is 2. The van der Waals surface area contributed by atoms with E-state index in [1.807, 2.05) is 57.2 Å². The lowest BCUT2D eigenvalue weighted by molar-refractivity contribution is -0.120. The second-order valence-electron chi connectivity index (χ2n) is 8.31. The summed E-state index contributed by atoms with van der Waals surface area (Å²) in [5.41, 5.74) is 5.68. The molecule has 166 valence electrons. The summed E-state index contributed by atoms with van der Waals surface area (Å²) in [5.74, 6) is 0.510. The summed E-state index contributed by atoms with van der Waals surface area (Å²) in [6.45, 7) is 6.94. The summed E-state index contributed by atoms with van der Waals surface area (Å²) in [4.78, 5) is 28.4. The van der Waals surface area contributed by atoms with Gasteiger partial charge in [0.15, 0.2) is 11.5 Å². The van der Waals surface area contributed by atoms with E-state index in [0.717, 1.165) is 16.7 Å². The minimum atomic E-state index is -0.396. The number of nitrogens with one attached hydrogen (secondary N) is 1. The molecule has 3 aromatic rings. The van der Waals surface area contributed by atoms with Crippen LogP contribution < -0.4 is 19.7 Å². The molecule has 6 nitrogen and oxygen atoms in total. The molecule has 0 radical (unpaired) electrons. The lowest BCUT2D eigenvalue weighted by Crippen LogP contribution is -2.32. The molecule has 0 saturated heterocycles. The smallest absolute Gasteiger partial charge is 0.282 e. The molecule has 33 heavy (non-hydrogen) atoms. The molecule has 0 bridgehead atoms. The highest BCUT2D eigenvalue weighted by Crippen LogP contribution is 2.37. The first-order chi connectivity index (χ1) is 15.9. The van der Waals surface area contributed by atoms with Crippen LogP contribution in [0.1, 0.15) is 22.3 Å². The van der Waals surface area contributed by atoms with Gasteiger partial charge in [-0.2, -0.15) is 0 Å². The van der Waals surface area contributed by atoms with E-state index in [9.17, 15) is 9.59 Å². The number of carbonyl (C=O) groups excluding carboxylic acids is 2. The van der Waals surface area contributed by atoms with Crippen molar-refractivity contribution in [3.63, 3.8) is 0 Å². The van der Waals surface area contributed by atoms with Crippen LogP contribution in [0.2, 0.25) is 0 Å². The number of aryl methyl sites for hydroxylation is 3. The van der Waals surface area contributed by atoms with E-state index in [4.69, 9.17) is 9.47 Å². The number of ether oxygens (including phenoxy) is 2. The van der Waals surface area contributed by atoms with E-state index in [-0.39, 0.29) is 11.6 Å². The normalized spacial score (nSPS) is 15.3. The molecule has 3 aromatic carbocycles. The SMILES string of the molecule is Cc1ccc(N2C(=O)C(Nc3ccc4c(c3)OCCO4)=C(c3ccc(C)c(C)c3)C2=O)cc1. The first-order valence-corrected chi connectivity index (χ1v) is 10.9. The van der Waals surface area contributed by atoms with Gasteiger partial charge in [-0.1, -0.05) is 35.9 Å². The van der Waals surface area contributed by atoms with Gasteiger partial charge in [0.2, 0.25) is 0 Å². The first kappa shape index (κ1) is 20.8. The summed E-state index contributed by atoms with van der Waals surface area (Å²) in [5, 5.41) is 3.20. The Balaban J connectivity index is 1.60. The fourth-order valence-electron chi connectivity index (χ4n) is 4.00. The molecule has 2 amide bonds. The lowest BCUT2D eigenvalue weighted by Gasteiger charge is -2.19. The number of amides is 2. The highest BCUT2D eigenvalue weighted by atomic mass is 16.6. The molecule has 0 saturated carbocycles. The number of hydrogen-bond donors (Lipinski definition) is 1. The standard InChI is InChI=1S/C27H24N2O4/c1-16-4-9-21(10-5-16)29-26(30)24(19-7-6-17(2)18(3)14-19)25(27(29)31)28-20-8-11-22-23(15-20)33-13-12-32-22/h4-11,14-15,28H,12-13H2,1-3H3. The minimum Gasteiger partial charge on any atom is -0.486 e. The van der Waals surface area contributed by atoms with E-state index in [1.54, 1.807) is 24.3 Å². The Morgan fingerprint density at radius 3 is 2.21 bits per heavy atom. The highest BCUT2D eigenvalue weighted by Gasteiger charge is 2.40. The van der Waals surface area contributed by atoms with Gasteiger partial charge in [0.1, 0.15) is 18.9 Å². The second kappa shape index (κ2) is 8.13. The van der Waals surface area contributed by atoms with Gasteiger partial charge >= 0.3 is 0 Å². The van der Waals surface area contributed by atoms with Crippen molar-refractivity contribution in [3.05, 3.63) is 88.6 Å². The number of benzene rings is 3. The van der Waals surface area contributed by atoms with Crippen molar-refractivity contribution in [2.24, 2.45) is 0 Å². The fourth-order valence-corrected chi connectivity index (χ4v) is 4.00. The number of carbonyl (C=O) groups is 2.